The molecular formula is C26H25NO4S. The van der Waals surface area contributed by atoms with Gasteiger partial charge in [-0.15, -0.1) is 11.3 Å². The van der Waals surface area contributed by atoms with E-state index in [4.69, 9.17) is 9.47 Å². The number of carbonyl (C=O) groups is 2. The zero-order chi connectivity index (χ0) is 22.2. The monoisotopic (exact) mass is 447 g/mol. The third-order valence-corrected chi connectivity index (χ3v) is 7.68. The van der Waals surface area contributed by atoms with Gasteiger partial charge in [0.15, 0.2) is 0 Å². The van der Waals surface area contributed by atoms with Crippen molar-refractivity contribution >= 4 is 28.2 Å². The summed E-state index contributed by atoms with van der Waals surface area (Å²) in [6, 6.07) is 15.2. The van der Waals surface area contributed by atoms with Crippen molar-refractivity contribution in [1.82, 2.24) is 0 Å². The molecule has 0 saturated heterocycles. The minimum atomic E-state index is -0.524. The smallest absolute Gasteiger partial charge is 0.341 e. The second-order valence-corrected chi connectivity index (χ2v) is 9.42. The van der Waals surface area contributed by atoms with Gasteiger partial charge in [0.2, 0.25) is 5.91 Å². The predicted octanol–water partition coefficient (Wildman–Crippen LogP) is 5.93. The molecular weight excluding hydrogens is 422 g/mol. The van der Waals surface area contributed by atoms with Crippen LogP contribution in [0.5, 0.6) is 11.5 Å². The SMILES string of the molecule is CC[C@H]1CCc2c(sc(NC(=O)C3c4ccccc4Oc4ccccc43)c2C(=O)OC)C1. The van der Waals surface area contributed by atoms with Crippen LogP contribution in [0.4, 0.5) is 5.00 Å². The van der Waals surface area contributed by atoms with E-state index in [9.17, 15) is 9.59 Å². The number of hydrogen-bond donors (Lipinski definition) is 1. The summed E-state index contributed by atoms with van der Waals surface area (Å²) in [6.45, 7) is 2.20. The standard InChI is InChI=1S/C26H25NO4S/c1-3-15-12-13-18-21(14-15)32-25(23(18)26(29)30-2)27-24(28)22-16-8-4-6-10-19(16)31-20-11-7-5-9-17(20)22/h4-11,15,22H,3,12-14H2,1-2H3,(H,27,28)/t15-/m0/s1. The van der Waals surface area contributed by atoms with Gasteiger partial charge in [-0.1, -0.05) is 49.7 Å². The summed E-state index contributed by atoms with van der Waals surface area (Å²) in [4.78, 5) is 27.6. The maximum absolute atomic E-state index is 13.7. The lowest BCUT2D eigenvalue weighted by Crippen LogP contribution is -2.25. The van der Waals surface area contributed by atoms with Gasteiger partial charge in [0.25, 0.3) is 0 Å². The summed E-state index contributed by atoms with van der Waals surface area (Å²) in [5.74, 6) is 0.879. The average molecular weight is 448 g/mol. The number of ether oxygens (including phenoxy) is 2. The highest BCUT2D eigenvalue weighted by atomic mass is 32.1. The molecule has 2 heterocycles. The molecule has 0 fully saturated rings. The van der Waals surface area contributed by atoms with Crippen LogP contribution in [-0.2, 0) is 22.4 Å². The first-order chi connectivity index (χ1) is 15.6. The van der Waals surface area contributed by atoms with Crippen LogP contribution in [-0.4, -0.2) is 19.0 Å². The van der Waals surface area contributed by atoms with Crippen molar-refractivity contribution in [2.45, 2.75) is 38.5 Å². The van der Waals surface area contributed by atoms with E-state index in [1.54, 1.807) is 0 Å². The first-order valence-electron chi connectivity index (χ1n) is 11.0. The van der Waals surface area contributed by atoms with Crippen molar-refractivity contribution in [3.05, 3.63) is 75.7 Å². The predicted molar refractivity (Wildman–Crippen MR) is 125 cm³/mol. The minimum absolute atomic E-state index is 0.177. The number of nitrogens with one attached hydrogen (secondary N) is 1. The van der Waals surface area contributed by atoms with Gasteiger partial charge in [0.05, 0.1) is 18.6 Å². The van der Waals surface area contributed by atoms with E-state index in [1.807, 2.05) is 48.5 Å². The van der Waals surface area contributed by atoms with Gasteiger partial charge in [0, 0.05) is 16.0 Å². The van der Waals surface area contributed by atoms with Crippen molar-refractivity contribution in [3.63, 3.8) is 0 Å². The lowest BCUT2D eigenvalue weighted by Gasteiger charge is -2.27. The van der Waals surface area contributed by atoms with Crippen LogP contribution in [0.15, 0.2) is 48.5 Å². The Morgan fingerprint density at radius 3 is 2.38 bits per heavy atom. The highest BCUT2D eigenvalue weighted by Crippen LogP contribution is 2.46. The first kappa shape index (κ1) is 20.8. The van der Waals surface area contributed by atoms with Crippen LogP contribution in [0.2, 0.25) is 0 Å². The van der Waals surface area contributed by atoms with E-state index < -0.39 is 5.92 Å². The molecule has 5 nitrogen and oxygen atoms in total. The summed E-state index contributed by atoms with van der Waals surface area (Å²) < 4.78 is 11.1. The van der Waals surface area contributed by atoms with E-state index in [1.165, 1.54) is 23.3 Å². The average Bonchev–Trinajstić information content (AvgIpc) is 3.18. The largest absolute Gasteiger partial charge is 0.465 e. The minimum Gasteiger partial charge on any atom is -0.465 e. The third kappa shape index (κ3) is 3.48. The number of fused-ring (bicyclic) bond motifs is 3. The van der Waals surface area contributed by atoms with Gasteiger partial charge in [0.1, 0.15) is 16.5 Å². The van der Waals surface area contributed by atoms with Crippen molar-refractivity contribution in [2.75, 3.05) is 12.4 Å². The molecule has 0 radical (unpaired) electrons. The Hall–Kier alpha value is -3.12. The molecule has 1 aromatic heterocycles. The molecule has 2 aliphatic rings. The van der Waals surface area contributed by atoms with Gasteiger partial charge >= 0.3 is 5.97 Å². The fourth-order valence-corrected chi connectivity index (χ4v) is 6.14. The summed E-state index contributed by atoms with van der Waals surface area (Å²) in [6.07, 6.45) is 3.95. The van der Waals surface area contributed by atoms with Crippen molar-refractivity contribution in [2.24, 2.45) is 5.92 Å². The zero-order valence-electron chi connectivity index (χ0n) is 18.1. The second kappa shape index (κ2) is 8.43. The molecule has 1 aliphatic carbocycles. The second-order valence-electron chi connectivity index (χ2n) is 8.32. The van der Waals surface area contributed by atoms with Crippen LogP contribution < -0.4 is 10.1 Å². The number of benzene rings is 2. The van der Waals surface area contributed by atoms with Gasteiger partial charge in [-0.25, -0.2) is 4.79 Å². The van der Waals surface area contributed by atoms with E-state index in [-0.39, 0.29) is 11.9 Å². The van der Waals surface area contributed by atoms with Crippen LogP contribution >= 0.6 is 11.3 Å². The molecule has 1 amide bonds. The van der Waals surface area contributed by atoms with Gasteiger partial charge in [-0.2, -0.15) is 0 Å². The molecule has 6 heteroatoms. The lowest BCUT2D eigenvalue weighted by molar-refractivity contribution is -0.116. The Kier molecular flexibility index (Phi) is 5.47. The van der Waals surface area contributed by atoms with Crippen LogP contribution in [0.25, 0.3) is 0 Å². The Morgan fingerprint density at radius 2 is 1.75 bits per heavy atom. The molecule has 1 atom stereocenters. The number of carbonyl (C=O) groups excluding carboxylic acids is 2. The van der Waals surface area contributed by atoms with Crippen LogP contribution in [0.3, 0.4) is 0 Å². The molecule has 0 saturated carbocycles. The van der Waals surface area contributed by atoms with Gasteiger partial charge in [-0.05, 0) is 42.9 Å². The van der Waals surface area contributed by atoms with Crippen molar-refractivity contribution in [3.8, 4) is 11.5 Å². The molecule has 0 unspecified atom stereocenters. The van der Waals surface area contributed by atoms with Crippen LogP contribution in [0.1, 0.15) is 57.6 Å². The fraction of sp³-hybridized carbons (Fsp3) is 0.308. The molecule has 32 heavy (non-hydrogen) atoms. The molecule has 3 aromatic rings. The summed E-state index contributed by atoms with van der Waals surface area (Å²) >= 11 is 1.52. The number of anilines is 1. The molecule has 0 bridgehead atoms. The van der Waals surface area contributed by atoms with Gasteiger partial charge < -0.3 is 14.8 Å². The summed E-state index contributed by atoms with van der Waals surface area (Å²) in [5, 5.41) is 3.68. The summed E-state index contributed by atoms with van der Waals surface area (Å²) in [7, 11) is 1.39. The zero-order valence-corrected chi connectivity index (χ0v) is 19.0. The number of amides is 1. The maximum Gasteiger partial charge on any atom is 0.341 e. The van der Waals surface area contributed by atoms with Gasteiger partial charge in [-0.3, -0.25) is 4.79 Å². The number of rotatable bonds is 4. The molecule has 1 N–H and O–H groups in total. The van der Waals surface area contributed by atoms with E-state index in [0.29, 0.717) is 28.0 Å². The van der Waals surface area contributed by atoms with E-state index in [0.717, 1.165) is 42.4 Å². The van der Waals surface area contributed by atoms with Crippen molar-refractivity contribution in [1.29, 1.82) is 0 Å². The third-order valence-electron chi connectivity index (χ3n) is 6.51. The Labute approximate surface area is 191 Å². The number of hydrogen-bond acceptors (Lipinski definition) is 5. The quantitative estimate of drug-likeness (QED) is 0.504. The molecule has 2 aromatic carbocycles. The van der Waals surface area contributed by atoms with Crippen LogP contribution in [0, 0.1) is 5.92 Å². The number of esters is 1. The molecule has 5 rings (SSSR count). The normalized spacial score (nSPS) is 16.9. The number of para-hydroxylation sites is 2. The highest BCUT2D eigenvalue weighted by molar-refractivity contribution is 7.17. The van der Waals surface area contributed by atoms with Crippen molar-refractivity contribution < 1.29 is 19.1 Å². The Bertz CT molecular complexity index is 1150. The number of thiophene rings is 1. The molecule has 1 aliphatic heterocycles. The summed E-state index contributed by atoms with van der Waals surface area (Å²) in [5.41, 5.74) is 3.19. The highest BCUT2D eigenvalue weighted by Gasteiger charge is 2.35. The fourth-order valence-electron chi connectivity index (χ4n) is 4.79. The molecule has 0 spiro atoms. The molecule has 164 valence electrons. The maximum atomic E-state index is 13.7. The Balaban J connectivity index is 1.54. The van der Waals surface area contributed by atoms with E-state index in [2.05, 4.69) is 12.2 Å². The number of methoxy groups -OCH3 is 1. The van der Waals surface area contributed by atoms with E-state index >= 15 is 0 Å². The lowest BCUT2D eigenvalue weighted by atomic mass is 9.85. The Morgan fingerprint density at radius 1 is 1.09 bits per heavy atom. The topological polar surface area (TPSA) is 64.6 Å². The first-order valence-corrected chi connectivity index (χ1v) is 11.8.